The fourth-order valence-corrected chi connectivity index (χ4v) is 3.81. The standard InChI is InChI=1S/C22H38O5/c1-2-3-8-12-18-19(21(25)16-20(18)24)15-14-17(23)11-9-6-4-5-7-10-13-22(26)27/h6,9,14-15,17-21,23-25H,2-5,7-8,10-13,16H2,1H3,(H,26,27)/b9-6-,15-14+/t17-,18-,19+,20-,21+/m0/s1. The fraction of sp³-hybridized carbons (Fsp3) is 0.773. The first kappa shape index (κ1) is 23.9. The molecular formula is C22H38O5. The van der Waals surface area contributed by atoms with Gasteiger partial charge in [-0.05, 0) is 38.0 Å². The van der Waals surface area contributed by atoms with E-state index in [1.165, 1.54) is 0 Å². The molecule has 0 aromatic heterocycles. The van der Waals surface area contributed by atoms with Gasteiger partial charge < -0.3 is 20.4 Å². The number of carboxylic acid groups (broad SMARTS) is 1. The molecule has 1 aliphatic rings. The zero-order valence-corrected chi connectivity index (χ0v) is 16.7. The van der Waals surface area contributed by atoms with Gasteiger partial charge in [-0.2, -0.15) is 0 Å². The summed E-state index contributed by atoms with van der Waals surface area (Å²) in [5.41, 5.74) is 0. The van der Waals surface area contributed by atoms with Gasteiger partial charge in [0.15, 0.2) is 0 Å². The van der Waals surface area contributed by atoms with E-state index in [0.717, 1.165) is 44.9 Å². The van der Waals surface area contributed by atoms with Crippen LogP contribution in [0.2, 0.25) is 0 Å². The molecule has 1 rings (SSSR count). The summed E-state index contributed by atoms with van der Waals surface area (Å²) in [7, 11) is 0. The van der Waals surface area contributed by atoms with E-state index in [1.807, 2.05) is 18.2 Å². The van der Waals surface area contributed by atoms with Crippen molar-refractivity contribution in [2.75, 3.05) is 0 Å². The molecule has 0 aromatic carbocycles. The van der Waals surface area contributed by atoms with Gasteiger partial charge in [0.25, 0.3) is 0 Å². The number of carboxylic acids is 1. The SMILES string of the molecule is CCCCC[C@H]1[C@@H](/C=C/[C@@H](O)C/C=C\CCCCCC(=O)O)[C@H](O)C[C@@H]1O. The van der Waals surface area contributed by atoms with Gasteiger partial charge in [0.2, 0.25) is 0 Å². The maximum atomic E-state index is 10.4. The highest BCUT2D eigenvalue weighted by atomic mass is 16.4. The highest BCUT2D eigenvalue weighted by molar-refractivity contribution is 5.66. The van der Waals surface area contributed by atoms with Gasteiger partial charge in [-0.15, -0.1) is 0 Å². The number of aliphatic hydroxyl groups excluding tert-OH is 3. The molecule has 27 heavy (non-hydrogen) atoms. The Labute approximate surface area is 163 Å². The minimum absolute atomic E-state index is 0.0790. The average Bonchev–Trinajstić information content (AvgIpc) is 2.88. The average molecular weight is 383 g/mol. The van der Waals surface area contributed by atoms with Gasteiger partial charge in [-0.1, -0.05) is 56.9 Å². The van der Waals surface area contributed by atoms with E-state index in [0.29, 0.717) is 19.3 Å². The molecule has 156 valence electrons. The number of unbranched alkanes of at least 4 members (excludes halogenated alkanes) is 5. The van der Waals surface area contributed by atoms with Crippen molar-refractivity contribution in [3.63, 3.8) is 0 Å². The van der Waals surface area contributed by atoms with E-state index in [1.54, 1.807) is 6.08 Å². The van der Waals surface area contributed by atoms with E-state index in [2.05, 4.69) is 6.92 Å². The molecule has 1 aliphatic carbocycles. The Morgan fingerprint density at radius 2 is 1.85 bits per heavy atom. The number of rotatable bonds is 14. The van der Waals surface area contributed by atoms with Crippen LogP contribution in [0.15, 0.2) is 24.3 Å². The molecule has 0 heterocycles. The van der Waals surface area contributed by atoms with Gasteiger partial charge in [0.1, 0.15) is 0 Å². The summed E-state index contributed by atoms with van der Waals surface area (Å²) >= 11 is 0. The molecule has 0 bridgehead atoms. The van der Waals surface area contributed by atoms with Crippen LogP contribution in [0.3, 0.4) is 0 Å². The Morgan fingerprint density at radius 1 is 1.07 bits per heavy atom. The monoisotopic (exact) mass is 382 g/mol. The molecule has 5 heteroatoms. The van der Waals surface area contributed by atoms with Crippen LogP contribution in [0.1, 0.15) is 77.6 Å². The van der Waals surface area contributed by atoms with Crippen molar-refractivity contribution in [3.05, 3.63) is 24.3 Å². The molecule has 0 saturated heterocycles. The summed E-state index contributed by atoms with van der Waals surface area (Å²) in [4.78, 5) is 10.4. The van der Waals surface area contributed by atoms with E-state index >= 15 is 0 Å². The van der Waals surface area contributed by atoms with Crippen molar-refractivity contribution in [1.29, 1.82) is 0 Å². The molecule has 1 saturated carbocycles. The van der Waals surface area contributed by atoms with Gasteiger partial charge in [-0.3, -0.25) is 4.79 Å². The summed E-state index contributed by atoms with van der Waals surface area (Å²) in [5, 5.41) is 39.1. The summed E-state index contributed by atoms with van der Waals surface area (Å²) in [6.45, 7) is 2.15. The second kappa shape index (κ2) is 13.9. The second-order valence-electron chi connectivity index (χ2n) is 7.76. The second-order valence-corrected chi connectivity index (χ2v) is 7.76. The lowest BCUT2D eigenvalue weighted by Crippen LogP contribution is -2.21. The van der Waals surface area contributed by atoms with Gasteiger partial charge >= 0.3 is 5.97 Å². The zero-order chi connectivity index (χ0) is 20.1. The summed E-state index contributed by atoms with van der Waals surface area (Å²) in [5.74, 6) is -0.742. The lowest BCUT2D eigenvalue weighted by atomic mass is 9.88. The highest BCUT2D eigenvalue weighted by Gasteiger charge is 2.39. The minimum atomic E-state index is -0.743. The first-order chi connectivity index (χ1) is 13.0. The number of allylic oxidation sites excluding steroid dienone is 1. The molecule has 5 nitrogen and oxygen atoms in total. The van der Waals surface area contributed by atoms with Crippen molar-refractivity contribution >= 4 is 5.97 Å². The normalized spacial score (nSPS) is 27.0. The topological polar surface area (TPSA) is 98.0 Å². The predicted molar refractivity (Wildman–Crippen MR) is 107 cm³/mol. The summed E-state index contributed by atoms with van der Waals surface area (Å²) < 4.78 is 0. The van der Waals surface area contributed by atoms with Crippen LogP contribution in [0.25, 0.3) is 0 Å². The van der Waals surface area contributed by atoms with Gasteiger partial charge in [0, 0.05) is 18.8 Å². The first-order valence-electron chi connectivity index (χ1n) is 10.5. The Morgan fingerprint density at radius 3 is 2.56 bits per heavy atom. The molecule has 1 fully saturated rings. The summed E-state index contributed by atoms with van der Waals surface area (Å²) in [6, 6.07) is 0. The van der Waals surface area contributed by atoms with E-state index in [-0.39, 0.29) is 18.3 Å². The largest absolute Gasteiger partial charge is 0.481 e. The van der Waals surface area contributed by atoms with Gasteiger partial charge in [-0.25, -0.2) is 0 Å². The maximum absolute atomic E-state index is 10.4. The van der Waals surface area contributed by atoms with Crippen LogP contribution in [0, 0.1) is 11.8 Å². The number of carbonyl (C=O) groups is 1. The van der Waals surface area contributed by atoms with E-state index < -0.39 is 24.3 Å². The van der Waals surface area contributed by atoms with Crippen LogP contribution in [0.4, 0.5) is 0 Å². The Balaban J connectivity index is 2.30. The van der Waals surface area contributed by atoms with Crippen molar-refractivity contribution in [2.45, 2.75) is 95.9 Å². The Bertz CT molecular complexity index is 460. The predicted octanol–water partition coefficient (Wildman–Crippen LogP) is 3.82. The lowest BCUT2D eigenvalue weighted by molar-refractivity contribution is -0.137. The van der Waals surface area contributed by atoms with Crippen molar-refractivity contribution in [2.24, 2.45) is 11.8 Å². The summed E-state index contributed by atoms with van der Waals surface area (Å²) in [6.07, 6.45) is 14.9. The highest BCUT2D eigenvalue weighted by Crippen LogP contribution is 2.37. The molecule has 0 amide bonds. The third-order valence-corrected chi connectivity index (χ3v) is 5.42. The minimum Gasteiger partial charge on any atom is -0.481 e. The van der Waals surface area contributed by atoms with Crippen molar-refractivity contribution < 1.29 is 25.2 Å². The zero-order valence-electron chi connectivity index (χ0n) is 16.7. The molecule has 0 spiro atoms. The third-order valence-electron chi connectivity index (χ3n) is 5.42. The fourth-order valence-electron chi connectivity index (χ4n) is 3.81. The molecule has 5 atom stereocenters. The maximum Gasteiger partial charge on any atom is 0.303 e. The first-order valence-corrected chi connectivity index (χ1v) is 10.5. The number of hydrogen-bond acceptors (Lipinski definition) is 4. The quantitative estimate of drug-likeness (QED) is 0.270. The number of hydrogen-bond donors (Lipinski definition) is 4. The van der Waals surface area contributed by atoms with Crippen LogP contribution < -0.4 is 0 Å². The lowest BCUT2D eigenvalue weighted by Gasteiger charge is -2.21. The van der Waals surface area contributed by atoms with Crippen LogP contribution in [-0.4, -0.2) is 44.7 Å². The number of aliphatic hydroxyl groups is 3. The van der Waals surface area contributed by atoms with Crippen LogP contribution >= 0.6 is 0 Å². The molecule has 0 aliphatic heterocycles. The van der Waals surface area contributed by atoms with Gasteiger partial charge in [0.05, 0.1) is 18.3 Å². The Kier molecular flexibility index (Phi) is 12.3. The van der Waals surface area contributed by atoms with Crippen LogP contribution in [-0.2, 0) is 4.79 Å². The molecule has 0 aromatic rings. The smallest absolute Gasteiger partial charge is 0.303 e. The van der Waals surface area contributed by atoms with E-state index in [9.17, 15) is 20.1 Å². The molecule has 0 unspecified atom stereocenters. The molecular weight excluding hydrogens is 344 g/mol. The third kappa shape index (κ3) is 10.1. The van der Waals surface area contributed by atoms with Crippen molar-refractivity contribution in [1.82, 2.24) is 0 Å². The molecule has 4 N–H and O–H groups in total. The van der Waals surface area contributed by atoms with E-state index in [4.69, 9.17) is 5.11 Å². The van der Waals surface area contributed by atoms with Crippen molar-refractivity contribution in [3.8, 4) is 0 Å². The van der Waals surface area contributed by atoms with Crippen LogP contribution in [0.5, 0.6) is 0 Å². The number of aliphatic carboxylic acids is 1. The Hall–Kier alpha value is -1.17. The molecule has 0 radical (unpaired) electrons.